The van der Waals surface area contributed by atoms with Crippen LogP contribution in [0.1, 0.15) is 56.3 Å². The van der Waals surface area contributed by atoms with E-state index < -0.39 is 5.60 Å². The van der Waals surface area contributed by atoms with E-state index in [1.54, 1.807) is 6.20 Å². The van der Waals surface area contributed by atoms with Crippen molar-refractivity contribution in [2.24, 2.45) is 5.92 Å². The predicted octanol–water partition coefficient (Wildman–Crippen LogP) is 3.50. The predicted molar refractivity (Wildman–Crippen MR) is 108 cm³/mol. The number of hydrogen-bond acceptors (Lipinski definition) is 4. The zero-order valence-electron chi connectivity index (χ0n) is 16.2. The van der Waals surface area contributed by atoms with Crippen LogP contribution in [-0.2, 0) is 0 Å². The molecule has 5 heteroatoms. The average Bonchev–Trinajstić information content (AvgIpc) is 2.59. The minimum absolute atomic E-state index is 0.0528. The molecule has 1 aliphatic carbocycles. The molecule has 0 bridgehead atoms. The number of aromatic nitrogens is 1. The molecule has 0 radical (unpaired) electrons. The van der Waals surface area contributed by atoms with Crippen LogP contribution in [0.2, 0.25) is 0 Å². The highest BCUT2D eigenvalue weighted by atomic mass is 16.3. The summed E-state index contributed by atoms with van der Waals surface area (Å²) in [6, 6.07) is 8.39. The lowest BCUT2D eigenvalue weighted by atomic mass is 9.77. The van der Waals surface area contributed by atoms with E-state index in [2.05, 4.69) is 33.4 Å². The molecule has 0 spiro atoms. The molecule has 5 nitrogen and oxygen atoms in total. The molecule has 2 heterocycles. The van der Waals surface area contributed by atoms with E-state index in [-0.39, 0.29) is 11.9 Å². The molecule has 2 aromatic rings. The first-order valence-electron chi connectivity index (χ1n) is 10.1. The van der Waals surface area contributed by atoms with Gasteiger partial charge in [0.1, 0.15) is 0 Å². The summed E-state index contributed by atoms with van der Waals surface area (Å²) in [5.41, 5.74) is 2.12. The summed E-state index contributed by atoms with van der Waals surface area (Å²) in [4.78, 5) is 19.5. The SMILES string of the molecule is CC(C)(O)C1CCC(NC(=O)c2cnc3cc(N4CCC4)ccc3c2)CC1. The molecule has 0 atom stereocenters. The number of nitrogens with zero attached hydrogens (tertiary/aromatic N) is 2. The van der Waals surface area contributed by atoms with E-state index in [0.29, 0.717) is 11.5 Å². The Balaban J connectivity index is 1.41. The maximum Gasteiger partial charge on any atom is 0.253 e. The van der Waals surface area contributed by atoms with Gasteiger partial charge in [-0.1, -0.05) is 6.07 Å². The Bertz CT molecular complexity index is 831. The highest BCUT2D eigenvalue weighted by molar-refractivity contribution is 5.97. The zero-order chi connectivity index (χ0) is 19.0. The van der Waals surface area contributed by atoms with Gasteiger partial charge in [0, 0.05) is 36.4 Å². The summed E-state index contributed by atoms with van der Waals surface area (Å²) in [6.45, 7) is 5.98. The molecule has 1 aliphatic heterocycles. The number of benzene rings is 1. The number of nitrogens with one attached hydrogen (secondary N) is 1. The Kier molecular flexibility index (Phi) is 4.81. The number of anilines is 1. The average molecular weight is 367 g/mol. The number of fused-ring (bicyclic) bond motifs is 1. The Morgan fingerprint density at radius 1 is 1.19 bits per heavy atom. The van der Waals surface area contributed by atoms with Crippen LogP contribution in [0.25, 0.3) is 10.9 Å². The van der Waals surface area contributed by atoms with Gasteiger partial charge < -0.3 is 15.3 Å². The van der Waals surface area contributed by atoms with Gasteiger partial charge in [-0.05, 0) is 70.1 Å². The molecule has 144 valence electrons. The minimum atomic E-state index is -0.633. The third-order valence-corrected chi connectivity index (χ3v) is 6.21. The fourth-order valence-electron chi connectivity index (χ4n) is 4.22. The first-order chi connectivity index (χ1) is 12.9. The van der Waals surface area contributed by atoms with Crippen LogP contribution in [0, 0.1) is 5.92 Å². The molecule has 1 saturated carbocycles. The van der Waals surface area contributed by atoms with Gasteiger partial charge in [0.05, 0.1) is 16.7 Å². The number of amides is 1. The quantitative estimate of drug-likeness (QED) is 0.868. The molecule has 2 N–H and O–H groups in total. The van der Waals surface area contributed by atoms with Crippen molar-refractivity contribution in [3.05, 3.63) is 36.0 Å². The molecule has 27 heavy (non-hydrogen) atoms. The van der Waals surface area contributed by atoms with Crippen molar-refractivity contribution < 1.29 is 9.90 Å². The molecule has 1 saturated heterocycles. The first-order valence-corrected chi connectivity index (χ1v) is 10.1. The monoisotopic (exact) mass is 367 g/mol. The van der Waals surface area contributed by atoms with Crippen LogP contribution in [-0.4, -0.2) is 40.7 Å². The van der Waals surface area contributed by atoms with E-state index in [0.717, 1.165) is 49.7 Å². The Morgan fingerprint density at radius 2 is 1.93 bits per heavy atom. The summed E-state index contributed by atoms with van der Waals surface area (Å²) in [5.74, 6) is 0.261. The highest BCUT2D eigenvalue weighted by Gasteiger charge is 2.31. The Labute approximate surface area is 160 Å². The number of rotatable bonds is 4. The second kappa shape index (κ2) is 7.12. The fraction of sp³-hybridized carbons (Fsp3) is 0.545. The van der Waals surface area contributed by atoms with Gasteiger partial charge in [-0.3, -0.25) is 9.78 Å². The third kappa shape index (κ3) is 3.93. The van der Waals surface area contributed by atoms with Crippen LogP contribution >= 0.6 is 0 Å². The van der Waals surface area contributed by atoms with Gasteiger partial charge in [-0.15, -0.1) is 0 Å². The van der Waals surface area contributed by atoms with Crippen molar-refractivity contribution in [3.8, 4) is 0 Å². The van der Waals surface area contributed by atoms with Crippen LogP contribution in [0.15, 0.2) is 30.5 Å². The summed E-state index contributed by atoms with van der Waals surface area (Å²) in [7, 11) is 0. The lowest BCUT2D eigenvalue weighted by molar-refractivity contribution is -0.00257. The normalized spacial score (nSPS) is 23.1. The van der Waals surface area contributed by atoms with Crippen molar-refractivity contribution >= 4 is 22.5 Å². The van der Waals surface area contributed by atoms with Crippen molar-refractivity contribution in [1.82, 2.24) is 10.3 Å². The first kappa shape index (κ1) is 18.2. The largest absolute Gasteiger partial charge is 0.390 e. The second-order valence-electron chi connectivity index (χ2n) is 8.62. The van der Waals surface area contributed by atoms with Crippen molar-refractivity contribution in [2.75, 3.05) is 18.0 Å². The lowest BCUT2D eigenvalue weighted by Gasteiger charge is -2.36. The third-order valence-electron chi connectivity index (χ3n) is 6.21. The van der Waals surface area contributed by atoms with Crippen molar-refractivity contribution in [2.45, 2.75) is 57.6 Å². The highest BCUT2D eigenvalue weighted by Crippen LogP contribution is 2.32. The van der Waals surface area contributed by atoms with Crippen LogP contribution in [0.4, 0.5) is 5.69 Å². The maximum absolute atomic E-state index is 12.7. The molecular weight excluding hydrogens is 338 g/mol. The van der Waals surface area contributed by atoms with E-state index in [1.165, 1.54) is 12.1 Å². The summed E-state index contributed by atoms with van der Waals surface area (Å²) in [6.07, 6.45) is 6.66. The van der Waals surface area contributed by atoms with Gasteiger partial charge in [-0.2, -0.15) is 0 Å². The molecule has 1 aromatic carbocycles. The van der Waals surface area contributed by atoms with E-state index in [1.807, 2.05) is 19.9 Å². The number of hydrogen-bond donors (Lipinski definition) is 2. The molecule has 2 fully saturated rings. The van der Waals surface area contributed by atoms with Crippen LogP contribution in [0.3, 0.4) is 0 Å². The Hall–Kier alpha value is -2.14. The van der Waals surface area contributed by atoms with E-state index in [9.17, 15) is 9.90 Å². The Morgan fingerprint density at radius 3 is 2.56 bits per heavy atom. The van der Waals surface area contributed by atoms with Crippen molar-refractivity contribution in [3.63, 3.8) is 0 Å². The summed E-state index contributed by atoms with van der Waals surface area (Å²) >= 11 is 0. The van der Waals surface area contributed by atoms with Crippen molar-refractivity contribution in [1.29, 1.82) is 0 Å². The fourth-order valence-corrected chi connectivity index (χ4v) is 4.22. The van der Waals surface area contributed by atoms with E-state index in [4.69, 9.17) is 0 Å². The number of carbonyl (C=O) groups excluding carboxylic acids is 1. The summed E-state index contributed by atoms with van der Waals surface area (Å²) in [5, 5.41) is 14.3. The number of pyridine rings is 1. The molecule has 1 aromatic heterocycles. The standard InChI is InChI=1S/C22H29N3O2/c1-22(2,27)17-5-7-18(8-6-17)24-21(26)16-12-15-4-9-19(25-10-3-11-25)13-20(15)23-14-16/h4,9,12-14,17-18,27H,3,5-8,10-11H2,1-2H3,(H,24,26). The van der Waals surface area contributed by atoms with Gasteiger partial charge in [-0.25, -0.2) is 0 Å². The minimum Gasteiger partial charge on any atom is -0.390 e. The van der Waals surface area contributed by atoms with Gasteiger partial charge in [0.15, 0.2) is 0 Å². The number of aliphatic hydroxyl groups is 1. The zero-order valence-corrected chi connectivity index (χ0v) is 16.2. The van der Waals surface area contributed by atoms with Gasteiger partial charge in [0.25, 0.3) is 5.91 Å². The van der Waals surface area contributed by atoms with Gasteiger partial charge in [0.2, 0.25) is 0 Å². The molecule has 4 rings (SSSR count). The maximum atomic E-state index is 12.7. The summed E-state index contributed by atoms with van der Waals surface area (Å²) < 4.78 is 0. The topological polar surface area (TPSA) is 65.5 Å². The van der Waals surface area contributed by atoms with Crippen LogP contribution in [0.5, 0.6) is 0 Å². The molecular formula is C22H29N3O2. The molecule has 0 unspecified atom stereocenters. The second-order valence-corrected chi connectivity index (χ2v) is 8.62. The lowest BCUT2D eigenvalue weighted by Crippen LogP contribution is -2.41. The smallest absolute Gasteiger partial charge is 0.253 e. The molecule has 1 amide bonds. The van der Waals surface area contributed by atoms with Crippen LogP contribution < -0.4 is 10.2 Å². The van der Waals surface area contributed by atoms with E-state index >= 15 is 0 Å². The number of carbonyl (C=O) groups is 1. The van der Waals surface area contributed by atoms with Gasteiger partial charge >= 0.3 is 0 Å². The molecule has 2 aliphatic rings.